The van der Waals surface area contributed by atoms with Crippen LogP contribution in [0.15, 0.2) is 18.5 Å². The minimum absolute atomic E-state index is 0.0578. The summed E-state index contributed by atoms with van der Waals surface area (Å²) in [5.41, 5.74) is 1.62. The first-order chi connectivity index (χ1) is 12.8. The van der Waals surface area contributed by atoms with Crippen LogP contribution < -0.4 is 10.6 Å². The van der Waals surface area contributed by atoms with Crippen LogP contribution in [-0.2, 0) is 0 Å². The van der Waals surface area contributed by atoms with Crippen LogP contribution in [-0.4, -0.2) is 52.8 Å². The fourth-order valence-corrected chi connectivity index (χ4v) is 3.32. The van der Waals surface area contributed by atoms with Crippen molar-refractivity contribution in [2.75, 3.05) is 25.0 Å². The van der Waals surface area contributed by atoms with E-state index >= 15 is 0 Å². The number of fused-ring (bicyclic) bond motifs is 1. The Morgan fingerprint density at radius 2 is 2.26 bits per heavy atom. The van der Waals surface area contributed by atoms with Gasteiger partial charge in [-0.25, -0.2) is 9.64 Å². The number of likely N-dealkylation sites (tertiary alicyclic amines) is 1. The molecule has 3 heterocycles. The molecule has 0 radical (unpaired) electrons. The van der Waals surface area contributed by atoms with Gasteiger partial charge in [0.2, 0.25) is 5.69 Å². The fourth-order valence-electron chi connectivity index (χ4n) is 3.32. The van der Waals surface area contributed by atoms with Crippen LogP contribution in [0.1, 0.15) is 13.3 Å². The molecule has 2 aromatic heterocycles. The molecule has 2 aromatic rings. The van der Waals surface area contributed by atoms with E-state index in [0.717, 1.165) is 11.8 Å². The molecule has 144 valence electrons. The summed E-state index contributed by atoms with van der Waals surface area (Å²) in [4.78, 5) is 24.1. The highest BCUT2D eigenvalue weighted by Crippen LogP contribution is 2.34. The number of alkyl halides is 3. The van der Waals surface area contributed by atoms with E-state index in [1.54, 1.807) is 6.20 Å². The number of H-pyrrole nitrogens is 1. The molecule has 0 aliphatic carbocycles. The zero-order valence-corrected chi connectivity index (χ0v) is 14.6. The van der Waals surface area contributed by atoms with Crippen molar-refractivity contribution in [2.24, 2.45) is 5.92 Å². The molecule has 3 rings (SSSR count). The lowest BCUT2D eigenvalue weighted by atomic mass is 10.0. The maximum absolute atomic E-state index is 12.3. The summed E-state index contributed by atoms with van der Waals surface area (Å²) in [6.45, 7) is 8.58. The summed E-state index contributed by atoms with van der Waals surface area (Å²) in [6.07, 6.45) is -0.509. The molecule has 0 saturated carbocycles. The Hall–Kier alpha value is -2.96. The van der Waals surface area contributed by atoms with Crippen LogP contribution in [0.4, 0.5) is 29.3 Å². The van der Waals surface area contributed by atoms with Crippen molar-refractivity contribution in [1.29, 1.82) is 0 Å². The lowest BCUT2D eigenvalue weighted by molar-refractivity contribution is -0.123. The number of hydrogen-bond donors (Lipinski definition) is 3. The lowest BCUT2D eigenvalue weighted by Gasteiger charge is -2.21. The lowest BCUT2D eigenvalue weighted by Crippen LogP contribution is -2.43. The van der Waals surface area contributed by atoms with Gasteiger partial charge in [0.05, 0.1) is 12.3 Å². The summed E-state index contributed by atoms with van der Waals surface area (Å²) < 4.78 is 37.0. The van der Waals surface area contributed by atoms with E-state index in [-0.39, 0.29) is 18.5 Å². The van der Waals surface area contributed by atoms with Gasteiger partial charge in [0, 0.05) is 36.9 Å². The molecule has 2 amide bonds. The van der Waals surface area contributed by atoms with Gasteiger partial charge in [-0.15, -0.1) is 0 Å². The third kappa shape index (κ3) is 4.07. The van der Waals surface area contributed by atoms with E-state index in [2.05, 4.69) is 20.1 Å². The quantitative estimate of drug-likeness (QED) is 0.711. The topological polar surface area (TPSA) is 77.4 Å². The zero-order chi connectivity index (χ0) is 19.6. The molecule has 0 aromatic carbocycles. The Balaban J connectivity index is 1.76. The number of rotatable bonds is 4. The van der Waals surface area contributed by atoms with Crippen LogP contribution in [0.5, 0.6) is 0 Å². The highest BCUT2D eigenvalue weighted by Gasteiger charge is 2.36. The number of hydrogen-bond acceptors (Lipinski definition) is 3. The van der Waals surface area contributed by atoms with Gasteiger partial charge in [0.25, 0.3) is 0 Å². The van der Waals surface area contributed by atoms with E-state index in [0.29, 0.717) is 23.6 Å². The molecule has 1 fully saturated rings. The van der Waals surface area contributed by atoms with Gasteiger partial charge in [-0.05, 0) is 18.4 Å². The molecule has 7 nitrogen and oxygen atoms in total. The van der Waals surface area contributed by atoms with Gasteiger partial charge in [0.15, 0.2) is 0 Å². The molecule has 1 saturated heterocycles. The number of carbonyl (C=O) groups excluding carboxylic acids is 1. The molecule has 3 N–H and O–H groups in total. The number of urea groups is 1. The first-order valence-electron chi connectivity index (χ1n) is 8.52. The Bertz CT molecular complexity index is 872. The third-order valence-electron chi connectivity index (χ3n) is 4.71. The number of aromatic nitrogens is 2. The summed E-state index contributed by atoms with van der Waals surface area (Å²) in [5.74, 6) is 0.0578. The van der Waals surface area contributed by atoms with Gasteiger partial charge in [-0.3, -0.25) is 4.98 Å². The molecule has 1 unspecified atom stereocenters. The summed E-state index contributed by atoms with van der Waals surface area (Å²) in [5, 5.41) is 6.00. The molecule has 0 bridgehead atoms. The molecule has 0 spiro atoms. The Labute approximate surface area is 153 Å². The molecular formula is C17H19F3N6O. The number of carbonyl (C=O) groups is 1. The van der Waals surface area contributed by atoms with Crippen LogP contribution >= 0.6 is 0 Å². The van der Waals surface area contributed by atoms with Gasteiger partial charge < -0.3 is 20.5 Å². The van der Waals surface area contributed by atoms with Crippen molar-refractivity contribution < 1.29 is 18.0 Å². The van der Waals surface area contributed by atoms with Crippen molar-refractivity contribution in [2.45, 2.75) is 25.6 Å². The van der Waals surface area contributed by atoms with Gasteiger partial charge in [-0.1, -0.05) is 6.92 Å². The average Bonchev–Trinajstić information content (AvgIpc) is 3.26. The third-order valence-corrected chi connectivity index (χ3v) is 4.71. The second-order valence-corrected chi connectivity index (χ2v) is 6.47. The predicted molar refractivity (Wildman–Crippen MR) is 94.6 cm³/mol. The molecule has 1 aliphatic heterocycles. The van der Waals surface area contributed by atoms with Crippen LogP contribution in [0.3, 0.4) is 0 Å². The fraction of sp³-hybridized carbons (Fsp3) is 0.471. The molecule has 2 atom stereocenters. The van der Waals surface area contributed by atoms with Crippen molar-refractivity contribution >= 4 is 28.4 Å². The SMILES string of the molecule is [C-]#[N+]c1cnc2[nH]ccc2c1NC1CN(C(=O)NCC(F)(F)F)C[C@H]1CC. The van der Waals surface area contributed by atoms with E-state index in [1.807, 2.05) is 18.3 Å². The molecule has 27 heavy (non-hydrogen) atoms. The van der Waals surface area contributed by atoms with Gasteiger partial charge in [-0.2, -0.15) is 13.2 Å². The van der Waals surface area contributed by atoms with E-state index in [4.69, 9.17) is 6.57 Å². The number of nitrogens with zero attached hydrogens (tertiary/aromatic N) is 3. The number of amides is 2. The summed E-state index contributed by atoms with van der Waals surface area (Å²) in [6, 6.07) is 0.901. The largest absolute Gasteiger partial charge is 0.405 e. The predicted octanol–water partition coefficient (Wildman–Crippen LogP) is 3.51. The zero-order valence-electron chi connectivity index (χ0n) is 14.6. The van der Waals surface area contributed by atoms with Gasteiger partial charge in [0.1, 0.15) is 12.2 Å². The summed E-state index contributed by atoms with van der Waals surface area (Å²) in [7, 11) is 0. The van der Waals surface area contributed by atoms with Crippen molar-refractivity contribution in [3.05, 3.63) is 29.9 Å². The van der Waals surface area contributed by atoms with Crippen LogP contribution in [0.25, 0.3) is 15.9 Å². The number of halogens is 3. The normalized spacial score (nSPS) is 19.9. The Morgan fingerprint density at radius 1 is 1.48 bits per heavy atom. The highest BCUT2D eigenvalue weighted by atomic mass is 19.4. The Morgan fingerprint density at radius 3 is 2.93 bits per heavy atom. The molecule has 1 aliphatic rings. The second-order valence-electron chi connectivity index (χ2n) is 6.47. The number of nitrogens with one attached hydrogen (secondary N) is 3. The van der Waals surface area contributed by atoms with E-state index in [1.165, 1.54) is 11.1 Å². The van der Waals surface area contributed by atoms with Crippen LogP contribution in [0.2, 0.25) is 0 Å². The average molecular weight is 380 g/mol. The highest BCUT2D eigenvalue weighted by molar-refractivity contribution is 5.96. The second kappa shape index (κ2) is 7.34. The maximum Gasteiger partial charge on any atom is 0.405 e. The van der Waals surface area contributed by atoms with Crippen molar-refractivity contribution in [3.63, 3.8) is 0 Å². The smallest absolute Gasteiger partial charge is 0.388 e. The first kappa shape index (κ1) is 18.8. The Kier molecular flexibility index (Phi) is 5.12. The minimum Gasteiger partial charge on any atom is -0.388 e. The van der Waals surface area contributed by atoms with Crippen molar-refractivity contribution in [1.82, 2.24) is 20.2 Å². The standard InChI is InChI=1S/C17H19F3N6O/c1-3-10-7-26(16(27)24-9-17(18,19)20)8-13(10)25-14-11-4-5-22-15(11)23-6-12(14)21-2/h4-6,10,13H,3,7-9H2,1H3,(H,24,27)(H2,22,23,25)/t10-,13?/m1/s1. The first-order valence-corrected chi connectivity index (χ1v) is 8.52. The number of aromatic amines is 1. The van der Waals surface area contributed by atoms with Crippen molar-refractivity contribution in [3.8, 4) is 0 Å². The maximum atomic E-state index is 12.3. The van der Waals surface area contributed by atoms with E-state index < -0.39 is 18.8 Å². The summed E-state index contributed by atoms with van der Waals surface area (Å²) >= 11 is 0. The molecular weight excluding hydrogens is 361 g/mol. The monoisotopic (exact) mass is 380 g/mol. The molecule has 10 heteroatoms. The van der Waals surface area contributed by atoms with Crippen LogP contribution in [0, 0.1) is 12.5 Å². The minimum atomic E-state index is -4.45. The van der Waals surface area contributed by atoms with Gasteiger partial charge >= 0.3 is 12.2 Å². The number of pyridine rings is 1. The number of anilines is 1. The van der Waals surface area contributed by atoms with E-state index in [9.17, 15) is 18.0 Å².